The summed E-state index contributed by atoms with van der Waals surface area (Å²) in [6, 6.07) is 1.95. The highest BCUT2D eigenvalue weighted by atomic mass is 16.5. The second-order valence-electron chi connectivity index (χ2n) is 3.85. The quantitative estimate of drug-likeness (QED) is 0.731. The van der Waals surface area contributed by atoms with E-state index in [2.05, 4.69) is 20.2 Å². The molecule has 6 nitrogen and oxygen atoms in total. The first-order valence-electron chi connectivity index (χ1n) is 5.27. The molecule has 1 fully saturated rings. The Morgan fingerprint density at radius 1 is 1.50 bits per heavy atom. The van der Waals surface area contributed by atoms with Gasteiger partial charge < -0.3 is 20.7 Å². The molecule has 3 N–H and O–H groups in total. The number of hydrogen-bond acceptors (Lipinski definition) is 6. The van der Waals surface area contributed by atoms with Crippen LogP contribution in [0.2, 0.25) is 0 Å². The summed E-state index contributed by atoms with van der Waals surface area (Å²) in [5.74, 6) is 1.69. The van der Waals surface area contributed by atoms with E-state index in [1.54, 1.807) is 13.4 Å². The van der Waals surface area contributed by atoms with Crippen LogP contribution in [0.15, 0.2) is 12.4 Å². The molecule has 0 spiro atoms. The third-order valence-electron chi connectivity index (χ3n) is 2.84. The molecule has 2 heterocycles. The normalized spacial score (nSPS) is 24.8. The van der Waals surface area contributed by atoms with Crippen molar-refractivity contribution in [2.24, 2.45) is 5.73 Å². The molecule has 1 aromatic rings. The first-order chi connectivity index (χ1) is 7.74. The number of hydrogen-bond donors (Lipinski definition) is 2. The Kier molecular flexibility index (Phi) is 3.21. The summed E-state index contributed by atoms with van der Waals surface area (Å²) in [6.45, 7) is 1.54. The predicted molar refractivity (Wildman–Crippen MR) is 62.6 cm³/mol. The van der Waals surface area contributed by atoms with Crippen molar-refractivity contribution >= 4 is 11.6 Å². The summed E-state index contributed by atoms with van der Waals surface area (Å²) in [4.78, 5) is 10.4. The highest BCUT2D eigenvalue weighted by Crippen LogP contribution is 2.20. The lowest BCUT2D eigenvalue weighted by Crippen LogP contribution is -2.34. The Bertz CT molecular complexity index is 359. The van der Waals surface area contributed by atoms with Crippen molar-refractivity contribution < 1.29 is 4.74 Å². The van der Waals surface area contributed by atoms with Crippen LogP contribution in [0.1, 0.15) is 0 Å². The number of anilines is 2. The number of rotatable bonds is 3. The van der Waals surface area contributed by atoms with Crippen molar-refractivity contribution in [2.75, 3.05) is 37.5 Å². The third-order valence-corrected chi connectivity index (χ3v) is 2.84. The van der Waals surface area contributed by atoms with E-state index in [-0.39, 0.29) is 12.1 Å². The van der Waals surface area contributed by atoms with Gasteiger partial charge >= 0.3 is 0 Å². The van der Waals surface area contributed by atoms with Crippen molar-refractivity contribution in [1.29, 1.82) is 0 Å². The van der Waals surface area contributed by atoms with Crippen molar-refractivity contribution in [1.82, 2.24) is 9.97 Å². The number of ether oxygens (including phenoxy) is 1. The van der Waals surface area contributed by atoms with Crippen LogP contribution < -0.4 is 16.0 Å². The van der Waals surface area contributed by atoms with Crippen molar-refractivity contribution in [3.8, 4) is 0 Å². The van der Waals surface area contributed by atoms with Gasteiger partial charge in [-0.1, -0.05) is 0 Å². The summed E-state index contributed by atoms with van der Waals surface area (Å²) in [6.07, 6.45) is 1.63. The Labute approximate surface area is 94.8 Å². The first kappa shape index (κ1) is 11.1. The molecule has 0 unspecified atom stereocenters. The molecule has 16 heavy (non-hydrogen) atoms. The van der Waals surface area contributed by atoms with E-state index in [0.717, 1.165) is 24.7 Å². The monoisotopic (exact) mass is 223 g/mol. The molecule has 6 heteroatoms. The minimum absolute atomic E-state index is 0.0398. The van der Waals surface area contributed by atoms with E-state index in [9.17, 15) is 0 Å². The van der Waals surface area contributed by atoms with E-state index >= 15 is 0 Å². The molecule has 2 rings (SSSR count). The Balaban J connectivity index is 2.13. The van der Waals surface area contributed by atoms with Gasteiger partial charge in [0.25, 0.3) is 0 Å². The van der Waals surface area contributed by atoms with Gasteiger partial charge in [0.15, 0.2) is 0 Å². The summed E-state index contributed by atoms with van der Waals surface area (Å²) in [7, 11) is 3.52. The van der Waals surface area contributed by atoms with E-state index in [4.69, 9.17) is 10.5 Å². The summed E-state index contributed by atoms with van der Waals surface area (Å²) < 4.78 is 5.31. The number of nitrogens with zero attached hydrogens (tertiary/aromatic N) is 3. The molecule has 0 amide bonds. The molecule has 0 radical (unpaired) electrons. The van der Waals surface area contributed by atoms with Crippen LogP contribution in [0.4, 0.5) is 11.6 Å². The van der Waals surface area contributed by atoms with Crippen LogP contribution in [0.3, 0.4) is 0 Å². The highest BCUT2D eigenvalue weighted by Gasteiger charge is 2.30. The zero-order chi connectivity index (χ0) is 11.5. The lowest BCUT2D eigenvalue weighted by atomic mass is 10.2. The summed E-state index contributed by atoms with van der Waals surface area (Å²) >= 11 is 0. The number of nitrogens with one attached hydrogen (secondary N) is 1. The highest BCUT2D eigenvalue weighted by molar-refractivity contribution is 5.49. The molecule has 0 aliphatic carbocycles. The molecule has 88 valence electrons. The number of nitrogens with two attached hydrogens (primary N) is 1. The van der Waals surface area contributed by atoms with Gasteiger partial charge in [-0.2, -0.15) is 0 Å². The van der Waals surface area contributed by atoms with E-state index in [0.29, 0.717) is 0 Å². The third kappa shape index (κ3) is 2.07. The lowest BCUT2D eigenvalue weighted by Gasteiger charge is -2.16. The standard InChI is InChI=1S/C10H17N5O/c1-12-9-3-10(14-6-13-9)15-4-7(11)8(5-15)16-2/h3,6-8H,4-5,11H2,1-2H3,(H,12,13,14)/t7-,8+/m1/s1. The zero-order valence-corrected chi connectivity index (χ0v) is 9.55. The molecule has 1 aliphatic rings. The van der Waals surface area contributed by atoms with Gasteiger partial charge in [0.1, 0.15) is 18.0 Å². The molecule has 0 bridgehead atoms. The SMILES string of the molecule is CNc1cc(N2C[C@@H](N)[C@@H](OC)C2)ncn1. The lowest BCUT2D eigenvalue weighted by molar-refractivity contribution is 0.108. The fraction of sp³-hybridized carbons (Fsp3) is 0.600. The van der Waals surface area contributed by atoms with Gasteiger partial charge in [-0.25, -0.2) is 9.97 Å². The molecule has 2 atom stereocenters. The van der Waals surface area contributed by atoms with Crippen LogP contribution in [-0.4, -0.2) is 49.4 Å². The molecule has 1 aromatic heterocycles. The summed E-state index contributed by atoms with van der Waals surface area (Å²) in [5.41, 5.74) is 5.96. The first-order valence-corrected chi connectivity index (χ1v) is 5.27. The predicted octanol–water partition coefficient (Wildman–Crippen LogP) is -0.319. The second-order valence-corrected chi connectivity index (χ2v) is 3.85. The van der Waals surface area contributed by atoms with Gasteiger partial charge in [0.2, 0.25) is 0 Å². The molecule has 0 saturated carbocycles. The van der Waals surface area contributed by atoms with Gasteiger partial charge in [0, 0.05) is 33.3 Å². The molecule has 1 saturated heterocycles. The molecule has 0 aromatic carbocycles. The van der Waals surface area contributed by atoms with E-state index in [1.165, 1.54) is 0 Å². The van der Waals surface area contributed by atoms with Crippen LogP contribution in [0.25, 0.3) is 0 Å². The second kappa shape index (κ2) is 4.63. The van der Waals surface area contributed by atoms with Crippen LogP contribution in [0, 0.1) is 0 Å². The van der Waals surface area contributed by atoms with Crippen molar-refractivity contribution in [3.05, 3.63) is 12.4 Å². The molecular formula is C10H17N5O. The fourth-order valence-electron chi connectivity index (χ4n) is 1.89. The van der Waals surface area contributed by atoms with Gasteiger partial charge in [0.05, 0.1) is 12.1 Å². The number of methoxy groups -OCH3 is 1. The van der Waals surface area contributed by atoms with E-state index < -0.39 is 0 Å². The van der Waals surface area contributed by atoms with Gasteiger partial charge in [-0.05, 0) is 0 Å². The minimum atomic E-state index is 0.0398. The van der Waals surface area contributed by atoms with Gasteiger partial charge in [-0.15, -0.1) is 0 Å². The topological polar surface area (TPSA) is 76.3 Å². The largest absolute Gasteiger partial charge is 0.378 e. The number of aromatic nitrogens is 2. The maximum absolute atomic E-state index is 5.96. The molecule has 1 aliphatic heterocycles. The zero-order valence-electron chi connectivity index (χ0n) is 9.55. The van der Waals surface area contributed by atoms with Crippen LogP contribution >= 0.6 is 0 Å². The van der Waals surface area contributed by atoms with E-state index in [1.807, 2.05) is 13.1 Å². The maximum Gasteiger partial charge on any atom is 0.134 e. The average Bonchev–Trinajstić information content (AvgIpc) is 2.71. The fourth-order valence-corrected chi connectivity index (χ4v) is 1.89. The van der Waals surface area contributed by atoms with Crippen LogP contribution in [0.5, 0.6) is 0 Å². The Morgan fingerprint density at radius 2 is 2.31 bits per heavy atom. The summed E-state index contributed by atoms with van der Waals surface area (Å²) in [5, 5.41) is 2.99. The van der Waals surface area contributed by atoms with Crippen LogP contribution in [-0.2, 0) is 4.74 Å². The average molecular weight is 223 g/mol. The van der Waals surface area contributed by atoms with Crippen molar-refractivity contribution in [3.63, 3.8) is 0 Å². The minimum Gasteiger partial charge on any atom is -0.378 e. The maximum atomic E-state index is 5.96. The smallest absolute Gasteiger partial charge is 0.134 e. The Hall–Kier alpha value is -1.40. The van der Waals surface area contributed by atoms with Crippen molar-refractivity contribution in [2.45, 2.75) is 12.1 Å². The Morgan fingerprint density at radius 3 is 2.94 bits per heavy atom. The van der Waals surface area contributed by atoms with Gasteiger partial charge in [-0.3, -0.25) is 0 Å². The molecular weight excluding hydrogens is 206 g/mol.